The number of rotatable bonds is 8. The molecule has 0 aliphatic carbocycles. The second-order valence-corrected chi connectivity index (χ2v) is 7.56. The van der Waals surface area contributed by atoms with Crippen molar-refractivity contribution in [3.05, 3.63) is 71.3 Å². The molecule has 0 unspecified atom stereocenters. The van der Waals surface area contributed by atoms with E-state index in [1.54, 1.807) is 0 Å². The van der Waals surface area contributed by atoms with E-state index >= 15 is 0 Å². The van der Waals surface area contributed by atoms with Crippen LogP contribution in [0.4, 0.5) is 0 Å². The number of guanidine groups is 1. The molecule has 1 aliphatic rings. The lowest BCUT2D eigenvalue weighted by Gasteiger charge is -2.33. The van der Waals surface area contributed by atoms with Crippen molar-refractivity contribution in [1.29, 1.82) is 0 Å². The van der Waals surface area contributed by atoms with Crippen molar-refractivity contribution in [3.8, 4) is 0 Å². The van der Waals surface area contributed by atoms with E-state index in [-0.39, 0.29) is 24.0 Å². The first-order valence-electron chi connectivity index (χ1n) is 10.7. The van der Waals surface area contributed by atoms with Crippen molar-refractivity contribution < 1.29 is 4.74 Å². The predicted molar refractivity (Wildman–Crippen MR) is 135 cm³/mol. The number of aliphatic imine (C=N–C) groups is 1. The van der Waals surface area contributed by atoms with Crippen LogP contribution >= 0.6 is 24.0 Å². The Morgan fingerprint density at radius 1 is 1.00 bits per heavy atom. The van der Waals surface area contributed by atoms with Gasteiger partial charge in [-0.25, -0.2) is 0 Å². The van der Waals surface area contributed by atoms with Crippen LogP contribution in [0.25, 0.3) is 0 Å². The number of halogens is 1. The average Bonchev–Trinajstić information content (AvgIpc) is 2.78. The fourth-order valence-corrected chi connectivity index (χ4v) is 3.62. The van der Waals surface area contributed by atoms with Crippen LogP contribution in [0.1, 0.15) is 36.5 Å². The highest BCUT2D eigenvalue weighted by molar-refractivity contribution is 14.0. The number of nitrogens with zero attached hydrogens (tertiary/aromatic N) is 2. The minimum atomic E-state index is 0. The summed E-state index contributed by atoms with van der Waals surface area (Å²) in [6.45, 7) is 7.48. The van der Waals surface area contributed by atoms with Gasteiger partial charge >= 0.3 is 0 Å². The highest BCUT2D eigenvalue weighted by Gasteiger charge is 2.19. The molecule has 1 heterocycles. The lowest BCUT2D eigenvalue weighted by atomic mass is 10.0. The van der Waals surface area contributed by atoms with Gasteiger partial charge in [0.25, 0.3) is 0 Å². The molecule has 0 bridgehead atoms. The standard InChI is InChI=1S/C24H34N4O.HI/c1-3-29-19-22-11-9-20(10-12-22)17-26-24(25-2)27-23-13-15-28(16-14-23)18-21-7-5-4-6-8-21;/h4-12,23H,3,13-19H2,1-2H3,(H2,25,26,27);1H. The van der Waals surface area contributed by atoms with E-state index in [4.69, 9.17) is 4.74 Å². The molecule has 0 radical (unpaired) electrons. The smallest absolute Gasteiger partial charge is 0.191 e. The lowest BCUT2D eigenvalue weighted by Crippen LogP contribution is -2.48. The van der Waals surface area contributed by atoms with Crippen molar-refractivity contribution in [3.63, 3.8) is 0 Å². The maximum absolute atomic E-state index is 5.45. The Labute approximate surface area is 198 Å². The fourth-order valence-electron chi connectivity index (χ4n) is 3.62. The number of hydrogen-bond donors (Lipinski definition) is 2. The van der Waals surface area contributed by atoms with Crippen LogP contribution in [0.3, 0.4) is 0 Å². The fraction of sp³-hybridized carbons (Fsp3) is 0.458. The first-order chi connectivity index (χ1) is 14.3. The summed E-state index contributed by atoms with van der Waals surface area (Å²) in [5.74, 6) is 0.880. The van der Waals surface area contributed by atoms with Gasteiger partial charge in [-0.05, 0) is 36.5 Å². The molecule has 0 aromatic heterocycles. The molecule has 3 rings (SSSR count). The second-order valence-electron chi connectivity index (χ2n) is 7.56. The molecule has 2 aromatic carbocycles. The Hall–Kier alpha value is -1.64. The molecule has 0 saturated carbocycles. The predicted octanol–water partition coefficient (Wildman–Crippen LogP) is 4.17. The van der Waals surface area contributed by atoms with Crippen molar-refractivity contribution in [2.45, 2.75) is 45.5 Å². The van der Waals surface area contributed by atoms with E-state index in [1.165, 1.54) is 16.7 Å². The highest BCUT2D eigenvalue weighted by Crippen LogP contribution is 2.14. The zero-order chi connectivity index (χ0) is 20.3. The van der Waals surface area contributed by atoms with E-state index < -0.39 is 0 Å². The quantitative estimate of drug-likeness (QED) is 0.311. The summed E-state index contributed by atoms with van der Waals surface area (Å²) in [5, 5.41) is 7.03. The van der Waals surface area contributed by atoms with Crippen LogP contribution < -0.4 is 10.6 Å². The van der Waals surface area contributed by atoms with E-state index in [2.05, 4.69) is 75.1 Å². The van der Waals surface area contributed by atoms with Gasteiger partial charge in [-0.1, -0.05) is 54.6 Å². The van der Waals surface area contributed by atoms with Crippen molar-refractivity contribution in [1.82, 2.24) is 15.5 Å². The van der Waals surface area contributed by atoms with Gasteiger partial charge in [-0.2, -0.15) is 0 Å². The van der Waals surface area contributed by atoms with Crippen molar-refractivity contribution >= 4 is 29.9 Å². The van der Waals surface area contributed by atoms with Gasteiger partial charge in [-0.15, -0.1) is 24.0 Å². The van der Waals surface area contributed by atoms with Crippen LogP contribution in [-0.4, -0.2) is 43.6 Å². The monoisotopic (exact) mass is 522 g/mol. The van der Waals surface area contributed by atoms with E-state index in [0.29, 0.717) is 12.6 Å². The molecule has 164 valence electrons. The van der Waals surface area contributed by atoms with Crippen LogP contribution in [-0.2, 0) is 24.4 Å². The van der Waals surface area contributed by atoms with Crippen molar-refractivity contribution in [2.75, 3.05) is 26.7 Å². The van der Waals surface area contributed by atoms with Gasteiger partial charge in [0.1, 0.15) is 0 Å². The van der Waals surface area contributed by atoms with Crippen LogP contribution in [0, 0.1) is 0 Å². The normalized spacial score (nSPS) is 15.5. The Bertz CT molecular complexity index is 744. The molecular weight excluding hydrogens is 487 g/mol. The largest absolute Gasteiger partial charge is 0.377 e. The summed E-state index contributed by atoms with van der Waals surface area (Å²) < 4.78 is 5.45. The third-order valence-electron chi connectivity index (χ3n) is 5.36. The second kappa shape index (κ2) is 13.6. The molecule has 1 fully saturated rings. The molecular formula is C24H35IN4O. The van der Waals surface area contributed by atoms with Gasteiger partial charge in [0.2, 0.25) is 0 Å². The Kier molecular flexibility index (Phi) is 11.2. The summed E-state index contributed by atoms with van der Waals surface area (Å²) in [7, 11) is 1.84. The Morgan fingerprint density at radius 2 is 1.67 bits per heavy atom. The first-order valence-corrected chi connectivity index (χ1v) is 10.7. The molecule has 30 heavy (non-hydrogen) atoms. The Morgan fingerprint density at radius 3 is 2.30 bits per heavy atom. The highest BCUT2D eigenvalue weighted by atomic mass is 127. The zero-order valence-electron chi connectivity index (χ0n) is 18.1. The molecule has 1 aliphatic heterocycles. The topological polar surface area (TPSA) is 48.9 Å². The summed E-state index contributed by atoms with van der Waals surface area (Å²) in [6, 6.07) is 19.8. The van der Waals surface area contributed by atoms with E-state index in [0.717, 1.165) is 51.6 Å². The Balaban J connectivity index is 0.00000320. The maximum Gasteiger partial charge on any atom is 0.191 e. The number of likely N-dealkylation sites (tertiary alicyclic amines) is 1. The first kappa shape index (κ1) is 24.6. The summed E-state index contributed by atoms with van der Waals surface area (Å²) in [6.07, 6.45) is 2.28. The van der Waals surface area contributed by atoms with Crippen LogP contribution in [0.2, 0.25) is 0 Å². The maximum atomic E-state index is 5.45. The SMILES string of the molecule is CCOCc1ccc(CNC(=NC)NC2CCN(Cc3ccccc3)CC2)cc1.I. The van der Waals surface area contributed by atoms with E-state index in [9.17, 15) is 0 Å². The number of benzene rings is 2. The minimum Gasteiger partial charge on any atom is -0.377 e. The summed E-state index contributed by atoms with van der Waals surface area (Å²) in [5.41, 5.74) is 3.84. The molecule has 2 N–H and O–H groups in total. The van der Waals surface area contributed by atoms with Crippen LogP contribution in [0.5, 0.6) is 0 Å². The summed E-state index contributed by atoms with van der Waals surface area (Å²) in [4.78, 5) is 6.94. The van der Waals surface area contributed by atoms with Crippen molar-refractivity contribution in [2.24, 2.45) is 4.99 Å². The van der Waals surface area contributed by atoms with Gasteiger partial charge in [-0.3, -0.25) is 9.89 Å². The third-order valence-corrected chi connectivity index (χ3v) is 5.36. The minimum absolute atomic E-state index is 0. The zero-order valence-corrected chi connectivity index (χ0v) is 20.5. The van der Waals surface area contributed by atoms with Gasteiger partial charge < -0.3 is 15.4 Å². The number of piperidine rings is 1. The molecule has 0 amide bonds. The number of nitrogens with one attached hydrogen (secondary N) is 2. The van der Waals surface area contributed by atoms with E-state index in [1.807, 2.05) is 14.0 Å². The third kappa shape index (κ3) is 8.24. The molecule has 0 spiro atoms. The molecule has 2 aromatic rings. The van der Waals surface area contributed by atoms with Gasteiger partial charge in [0.15, 0.2) is 5.96 Å². The number of hydrogen-bond acceptors (Lipinski definition) is 3. The molecule has 6 heteroatoms. The molecule has 1 saturated heterocycles. The average molecular weight is 522 g/mol. The molecule has 5 nitrogen and oxygen atoms in total. The summed E-state index contributed by atoms with van der Waals surface area (Å²) >= 11 is 0. The van der Waals surface area contributed by atoms with Gasteiger partial charge in [0.05, 0.1) is 6.61 Å². The molecule has 0 atom stereocenters. The van der Waals surface area contributed by atoms with Gasteiger partial charge in [0, 0.05) is 45.9 Å². The van der Waals surface area contributed by atoms with Crippen LogP contribution in [0.15, 0.2) is 59.6 Å². The lowest BCUT2D eigenvalue weighted by molar-refractivity contribution is 0.134. The number of ether oxygens (including phenoxy) is 1.